The van der Waals surface area contributed by atoms with E-state index >= 15 is 0 Å². The lowest BCUT2D eigenvalue weighted by Gasteiger charge is -2.30. The second kappa shape index (κ2) is 17.0. The van der Waals surface area contributed by atoms with Crippen molar-refractivity contribution in [3.8, 4) is 39.7 Å². The number of hydrogen-bond acceptors (Lipinski definition) is 6. The summed E-state index contributed by atoms with van der Waals surface area (Å²) >= 11 is 0. The van der Waals surface area contributed by atoms with E-state index in [1.807, 2.05) is 60.8 Å². The third kappa shape index (κ3) is 7.40. The molecule has 0 bridgehead atoms. The van der Waals surface area contributed by atoms with Gasteiger partial charge in [-0.2, -0.15) is 0 Å². The van der Waals surface area contributed by atoms with Gasteiger partial charge in [0.15, 0.2) is 17.5 Å². The highest BCUT2D eigenvalue weighted by Crippen LogP contribution is 2.46. The van der Waals surface area contributed by atoms with Crippen LogP contribution in [-0.4, -0.2) is 24.5 Å². The van der Waals surface area contributed by atoms with Gasteiger partial charge in [-0.15, -0.1) is 0 Å². The zero-order chi connectivity index (χ0) is 41.7. The maximum Gasteiger partial charge on any atom is 0.182 e. The third-order valence-electron chi connectivity index (χ3n) is 10.9. The summed E-state index contributed by atoms with van der Waals surface area (Å²) < 4.78 is 2.35. The van der Waals surface area contributed by atoms with Gasteiger partial charge in [0.25, 0.3) is 0 Å². The van der Waals surface area contributed by atoms with Gasteiger partial charge < -0.3 is 14.8 Å². The molecule has 4 heterocycles. The number of hydrogen-bond donors (Lipinski definition) is 1. The highest BCUT2D eigenvalue weighted by atomic mass is 15.1. The molecule has 6 aromatic carbocycles. The molecule has 62 heavy (non-hydrogen) atoms. The quantitative estimate of drug-likeness (QED) is 0.131. The van der Waals surface area contributed by atoms with Crippen LogP contribution in [0, 0.1) is 0 Å². The zero-order valence-corrected chi connectivity index (χ0v) is 33.8. The van der Waals surface area contributed by atoms with Crippen LogP contribution in [0.5, 0.6) is 0 Å². The van der Waals surface area contributed by atoms with Gasteiger partial charge in [-0.25, -0.2) is 15.0 Å². The van der Waals surface area contributed by atoms with Crippen molar-refractivity contribution in [1.82, 2.24) is 29.8 Å². The van der Waals surface area contributed by atoms with Crippen molar-refractivity contribution < 1.29 is 0 Å². The summed E-state index contributed by atoms with van der Waals surface area (Å²) in [5.74, 6) is 1.64. The predicted octanol–water partition coefficient (Wildman–Crippen LogP) is 13.3. The SMILES string of the molecule is C=C/C=C\C=C\c1cc(-c2nc(-c3ccccn3)nc(C3C=CC=CN3)n2)cc(-c2ccccc2)c1N(c1ccccc1)c1ccc(-n2c3ccccc3c3ccccc32)cc1. The maximum atomic E-state index is 5.14. The van der Waals surface area contributed by atoms with Crippen molar-refractivity contribution >= 4 is 44.9 Å². The molecule has 0 radical (unpaired) electrons. The molecule has 1 atom stereocenters. The summed E-state index contributed by atoms with van der Waals surface area (Å²) in [6, 6.07) is 57.1. The van der Waals surface area contributed by atoms with Gasteiger partial charge in [-0.3, -0.25) is 4.98 Å². The molecule has 7 heteroatoms. The van der Waals surface area contributed by atoms with Gasteiger partial charge >= 0.3 is 0 Å². The molecular weight excluding hydrogens is 759 g/mol. The van der Waals surface area contributed by atoms with Crippen LogP contribution in [0.15, 0.2) is 225 Å². The molecule has 9 aromatic rings. The molecule has 0 saturated carbocycles. The summed E-state index contributed by atoms with van der Waals surface area (Å²) in [5.41, 5.74) is 11.0. The second-order valence-electron chi connectivity index (χ2n) is 14.8. The minimum atomic E-state index is -0.237. The van der Waals surface area contributed by atoms with Crippen LogP contribution in [0.25, 0.3) is 67.6 Å². The van der Waals surface area contributed by atoms with Gasteiger partial charge in [0.05, 0.1) is 16.7 Å². The van der Waals surface area contributed by atoms with Crippen LogP contribution in [-0.2, 0) is 0 Å². The maximum absolute atomic E-state index is 5.14. The summed E-state index contributed by atoms with van der Waals surface area (Å²) in [6.07, 6.45) is 19.6. The molecule has 1 N–H and O–H groups in total. The number of rotatable bonds is 11. The smallest absolute Gasteiger partial charge is 0.182 e. The van der Waals surface area contributed by atoms with Gasteiger partial charge in [0.2, 0.25) is 0 Å². The lowest BCUT2D eigenvalue weighted by atomic mass is 9.94. The normalized spacial score (nSPS) is 13.6. The minimum Gasteiger partial charge on any atom is -0.378 e. The number of dihydropyridines is 1. The number of para-hydroxylation sites is 3. The number of pyridine rings is 1. The average molecular weight is 800 g/mol. The monoisotopic (exact) mass is 799 g/mol. The Labute approximate surface area is 360 Å². The molecule has 7 nitrogen and oxygen atoms in total. The number of fused-ring (bicyclic) bond motifs is 3. The Balaban J connectivity index is 1.20. The summed E-state index contributed by atoms with van der Waals surface area (Å²) in [4.78, 5) is 22.2. The average Bonchev–Trinajstić information content (AvgIpc) is 3.69. The summed E-state index contributed by atoms with van der Waals surface area (Å²) in [6.45, 7) is 3.90. The molecule has 0 spiro atoms. The van der Waals surface area contributed by atoms with Crippen LogP contribution in [0.2, 0.25) is 0 Å². The fourth-order valence-electron chi connectivity index (χ4n) is 8.11. The van der Waals surface area contributed by atoms with E-state index in [4.69, 9.17) is 15.0 Å². The van der Waals surface area contributed by atoms with Crippen LogP contribution in [0.3, 0.4) is 0 Å². The van der Waals surface area contributed by atoms with Crippen LogP contribution < -0.4 is 10.2 Å². The molecule has 0 aliphatic carbocycles. The van der Waals surface area contributed by atoms with E-state index in [1.165, 1.54) is 21.8 Å². The van der Waals surface area contributed by atoms with Crippen molar-refractivity contribution in [1.29, 1.82) is 0 Å². The highest BCUT2D eigenvalue weighted by molar-refractivity contribution is 6.09. The summed E-state index contributed by atoms with van der Waals surface area (Å²) in [5, 5.41) is 5.86. The Hall–Kier alpha value is -8.42. The van der Waals surface area contributed by atoms with Crippen molar-refractivity contribution in [2.24, 2.45) is 0 Å². The molecule has 1 aliphatic rings. The number of anilines is 3. The predicted molar refractivity (Wildman–Crippen MR) is 255 cm³/mol. The first kappa shape index (κ1) is 37.8. The van der Waals surface area contributed by atoms with E-state index in [9.17, 15) is 0 Å². The molecule has 0 fully saturated rings. The van der Waals surface area contributed by atoms with Gasteiger partial charge in [-0.1, -0.05) is 140 Å². The number of nitrogens with one attached hydrogen (secondary N) is 1. The lowest BCUT2D eigenvalue weighted by Crippen LogP contribution is -2.19. The van der Waals surface area contributed by atoms with E-state index < -0.39 is 0 Å². The van der Waals surface area contributed by atoms with Crippen molar-refractivity contribution in [2.75, 3.05) is 4.90 Å². The number of aromatic nitrogens is 5. The Morgan fingerprint density at radius 2 is 1.27 bits per heavy atom. The molecular formula is C55H41N7. The topological polar surface area (TPSA) is 71.8 Å². The van der Waals surface area contributed by atoms with Crippen LogP contribution in [0.4, 0.5) is 17.1 Å². The molecule has 296 valence electrons. The molecule has 1 unspecified atom stereocenters. The first-order valence-corrected chi connectivity index (χ1v) is 20.6. The van der Waals surface area contributed by atoms with Gasteiger partial charge in [0, 0.05) is 45.2 Å². The molecule has 0 amide bonds. The fraction of sp³-hybridized carbons (Fsp3) is 0.0182. The highest BCUT2D eigenvalue weighted by Gasteiger charge is 2.24. The first-order valence-electron chi connectivity index (χ1n) is 20.6. The Bertz CT molecular complexity index is 3110. The fourth-order valence-corrected chi connectivity index (χ4v) is 8.11. The van der Waals surface area contributed by atoms with Crippen LogP contribution >= 0.6 is 0 Å². The number of benzene rings is 6. The first-order chi connectivity index (χ1) is 30.7. The second-order valence-corrected chi connectivity index (χ2v) is 14.8. The molecule has 10 rings (SSSR count). The van der Waals surface area contributed by atoms with E-state index in [0.717, 1.165) is 45.0 Å². The molecule has 1 aliphatic heterocycles. The van der Waals surface area contributed by atoms with E-state index in [0.29, 0.717) is 23.2 Å². The number of nitrogens with zero attached hydrogens (tertiary/aromatic N) is 6. The zero-order valence-electron chi connectivity index (χ0n) is 33.8. The standard InChI is InChI=1S/C55H41N7/c1-2-3-4-7-22-40-37-41(53-58-54(48-27-16-18-35-56-48)60-55(59-53)49-28-17-19-36-57-49)38-47(39-20-8-5-9-21-39)52(40)61(42-23-10-6-11-24-42)43-31-33-44(34-32-43)62-50-29-14-12-25-45(50)46-26-13-15-30-51(46)62/h2-38,48,56H,1H2/b4-3-,22-7+. The van der Waals surface area contributed by atoms with Crippen molar-refractivity contribution in [3.05, 3.63) is 237 Å². The molecule has 0 saturated heterocycles. The van der Waals surface area contributed by atoms with Crippen molar-refractivity contribution in [2.45, 2.75) is 6.04 Å². The Morgan fingerprint density at radius 3 is 1.97 bits per heavy atom. The van der Waals surface area contributed by atoms with E-state index in [-0.39, 0.29) is 6.04 Å². The minimum absolute atomic E-state index is 0.237. The van der Waals surface area contributed by atoms with E-state index in [1.54, 1.807) is 12.3 Å². The lowest BCUT2D eigenvalue weighted by molar-refractivity contribution is 0.687. The van der Waals surface area contributed by atoms with Gasteiger partial charge in [-0.05, 0) is 96.2 Å². The number of allylic oxidation sites excluding steroid dienone is 6. The van der Waals surface area contributed by atoms with Crippen LogP contribution in [0.1, 0.15) is 17.4 Å². The summed E-state index contributed by atoms with van der Waals surface area (Å²) in [7, 11) is 0. The van der Waals surface area contributed by atoms with Crippen molar-refractivity contribution in [3.63, 3.8) is 0 Å². The molecule has 3 aromatic heterocycles. The Kier molecular flexibility index (Phi) is 10.4. The van der Waals surface area contributed by atoms with E-state index in [2.05, 4.69) is 178 Å². The Morgan fingerprint density at radius 1 is 0.597 bits per heavy atom. The van der Waals surface area contributed by atoms with Gasteiger partial charge in [0.1, 0.15) is 11.7 Å². The largest absolute Gasteiger partial charge is 0.378 e. The third-order valence-corrected chi connectivity index (χ3v) is 10.9.